The number of aromatic nitrogens is 5. The van der Waals surface area contributed by atoms with Gasteiger partial charge in [0.25, 0.3) is 0 Å². The van der Waals surface area contributed by atoms with Gasteiger partial charge < -0.3 is 15.5 Å². The summed E-state index contributed by atoms with van der Waals surface area (Å²) in [6.07, 6.45) is 5.88. The van der Waals surface area contributed by atoms with Crippen molar-refractivity contribution in [1.82, 2.24) is 24.9 Å². The maximum atomic E-state index is 11.5. The van der Waals surface area contributed by atoms with Gasteiger partial charge >= 0.3 is 0 Å². The lowest BCUT2D eigenvalue weighted by molar-refractivity contribution is -0.114. The molecule has 9 nitrogen and oxygen atoms in total. The van der Waals surface area contributed by atoms with Crippen LogP contribution < -0.4 is 15.5 Å². The number of anilines is 4. The molecule has 34 heavy (non-hydrogen) atoms. The number of pyridine rings is 2. The Morgan fingerprint density at radius 2 is 1.82 bits per heavy atom. The molecule has 2 N–H and O–H groups in total. The van der Waals surface area contributed by atoms with Crippen molar-refractivity contribution in [3.8, 4) is 11.3 Å². The topological polar surface area (TPSA) is 109 Å². The highest BCUT2D eigenvalue weighted by Crippen LogP contribution is 2.27. The third-order valence-corrected chi connectivity index (χ3v) is 5.76. The van der Waals surface area contributed by atoms with E-state index in [2.05, 4.69) is 41.5 Å². The molecule has 4 heterocycles. The molecular weight excluding hydrogens is 428 g/mol. The van der Waals surface area contributed by atoms with E-state index in [-0.39, 0.29) is 5.91 Å². The zero-order chi connectivity index (χ0) is 23.5. The standard InChI is InChI=1S/C25H24N8O/c1-16-20(29-17(2)34)4-3-5-21(16)31-24-27-15-28-25(32-24)33-13-10-23-19(14-33)6-7-22(30-23)18-8-11-26-12-9-18/h3-9,11-12,15H,10,13-14H2,1-2H3,(H,29,34)(H,27,28,31,32). The minimum Gasteiger partial charge on any atom is -0.336 e. The second-order valence-corrected chi connectivity index (χ2v) is 8.10. The van der Waals surface area contributed by atoms with Crippen molar-refractivity contribution in [1.29, 1.82) is 0 Å². The summed E-state index contributed by atoms with van der Waals surface area (Å²) in [5.74, 6) is 0.942. The predicted molar refractivity (Wildman–Crippen MR) is 131 cm³/mol. The zero-order valence-electron chi connectivity index (χ0n) is 19.0. The molecule has 1 aliphatic rings. The van der Waals surface area contributed by atoms with Gasteiger partial charge in [0.05, 0.1) is 5.69 Å². The Kier molecular flexibility index (Phi) is 5.82. The molecule has 0 bridgehead atoms. The van der Waals surface area contributed by atoms with Gasteiger partial charge in [-0.3, -0.25) is 14.8 Å². The summed E-state index contributed by atoms with van der Waals surface area (Å²) < 4.78 is 0. The van der Waals surface area contributed by atoms with E-state index in [0.29, 0.717) is 18.4 Å². The summed E-state index contributed by atoms with van der Waals surface area (Å²) in [5, 5.41) is 6.09. The van der Waals surface area contributed by atoms with Crippen LogP contribution in [0.4, 0.5) is 23.3 Å². The van der Waals surface area contributed by atoms with E-state index < -0.39 is 0 Å². The molecule has 1 aromatic carbocycles. The van der Waals surface area contributed by atoms with E-state index >= 15 is 0 Å². The lowest BCUT2D eigenvalue weighted by Crippen LogP contribution is -2.32. The molecule has 0 unspecified atom stereocenters. The van der Waals surface area contributed by atoms with Crippen molar-refractivity contribution in [2.45, 2.75) is 26.8 Å². The van der Waals surface area contributed by atoms with Gasteiger partial charge in [0.1, 0.15) is 6.33 Å². The van der Waals surface area contributed by atoms with Gasteiger partial charge in [-0.2, -0.15) is 4.98 Å². The highest BCUT2D eigenvalue weighted by Gasteiger charge is 2.21. The van der Waals surface area contributed by atoms with E-state index in [1.54, 1.807) is 12.4 Å². The molecule has 1 aliphatic heterocycles. The molecule has 9 heteroatoms. The van der Waals surface area contributed by atoms with E-state index in [0.717, 1.165) is 52.4 Å². The van der Waals surface area contributed by atoms with E-state index in [9.17, 15) is 4.79 Å². The molecular formula is C25H24N8O. The molecule has 0 fully saturated rings. The summed E-state index contributed by atoms with van der Waals surface area (Å²) in [6.45, 7) is 4.87. The second kappa shape index (κ2) is 9.22. The molecule has 1 amide bonds. The van der Waals surface area contributed by atoms with Crippen LogP contribution in [-0.2, 0) is 17.8 Å². The Morgan fingerprint density at radius 3 is 2.65 bits per heavy atom. The van der Waals surface area contributed by atoms with Gasteiger partial charge in [-0.25, -0.2) is 9.97 Å². The number of fused-ring (bicyclic) bond motifs is 1. The number of amides is 1. The Balaban J connectivity index is 1.34. The van der Waals surface area contributed by atoms with E-state index in [1.807, 2.05) is 43.3 Å². The molecule has 0 atom stereocenters. The minimum atomic E-state index is -0.115. The number of benzene rings is 1. The number of hydrogen-bond acceptors (Lipinski definition) is 8. The first-order chi connectivity index (χ1) is 16.6. The maximum absolute atomic E-state index is 11.5. The molecule has 0 saturated carbocycles. The van der Waals surface area contributed by atoms with Gasteiger partial charge in [-0.1, -0.05) is 12.1 Å². The normalized spacial score (nSPS) is 12.7. The monoisotopic (exact) mass is 452 g/mol. The number of nitrogens with one attached hydrogen (secondary N) is 2. The summed E-state index contributed by atoms with van der Waals surface area (Å²) in [5.41, 5.74) is 6.76. The van der Waals surface area contributed by atoms with Crippen LogP contribution in [0.1, 0.15) is 23.7 Å². The Morgan fingerprint density at radius 1 is 1.00 bits per heavy atom. The number of nitrogens with zero attached hydrogens (tertiary/aromatic N) is 6. The zero-order valence-corrected chi connectivity index (χ0v) is 19.0. The molecule has 3 aromatic heterocycles. The van der Waals surface area contributed by atoms with Crippen LogP contribution in [0, 0.1) is 6.92 Å². The first kappa shape index (κ1) is 21.4. The van der Waals surface area contributed by atoms with Crippen LogP contribution in [0.2, 0.25) is 0 Å². The fraction of sp³-hybridized carbons (Fsp3) is 0.200. The van der Waals surface area contributed by atoms with E-state index in [4.69, 9.17) is 4.98 Å². The first-order valence-electron chi connectivity index (χ1n) is 11.0. The average molecular weight is 453 g/mol. The van der Waals surface area contributed by atoms with Crippen molar-refractivity contribution < 1.29 is 4.79 Å². The number of carbonyl (C=O) groups excluding carboxylic acids is 1. The molecule has 0 spiro atoms. The summed E-state index contributed by atoms with van der Waals surface area (Å²) in [7, 11) is 0. The van der Waals surface area contributed by atoms with Crippen molar-refractivity contribution in [3.63, 3.8) is 0 Å². The fourth-order valence-corrected chi connectivity index (χ4v) is 3.99. The average Bonchev–Trinajstić information content (AvgIpc) is 2.86. The minimum absolute atomic E-state index is 0.115. The molecule has 5 rings (SSSR count). The predicted octanol–water partition coefficient (Wildman–Crippen LogP) is 3.90. The lowest BCUT2D eigenvalue weighted by Gasteiger charge is -2.28. The van der Waals surface area contributed by atoms with Crippen LogP contribution >= 0.6 is 0 Å². The van der Waals surface area contributed by atoms with Gasteiger partial charge in [-0.15, -0.1) is 0 Å². The number of rotatable bonds is 5. The van der Waals surface area contributed by atoms with Crippen LogP contribution in [0.3, 0.4) is 0 Å². The van der Waals surface area contributed by atoms with Crippen molar-refractivity contribution >= 4 is 29.2 Å². The lowest BCUT2D eigenvalue weighted by atomic mass is 10.0. The Hall–Kier alpha value is -4.40. The molecule has 170 valence electrons. The van der Waals surface area contributed by atoms with Gasteiger partial charge in [0, 0.05) is 61.5 Å². The van der Waals surface area contributed by atoms with Gasteiger partial charge in [0.2, 0.25) is 17.8 Å². The quantitative estimate of drug-likeness (QED) is 0.469. The van der Waals surface area contributed by atoms with Crippen molar-refractivity contribution in [2.75, 3.05) is 22.1 Å². The van der Waals surface area contributed by atoms with Gasteiger partial charge in [0.15, 0.2) is 0 Å². The van der Waals surface area contributed by atoms with Crippen molar-refractivity contribution in [3.05, 3.63) is 78.0 Å². The largest absolute Gasteiger partial charge is 0.336 e. The van der Waals surface area contributed by atoms with Crippen LogP contribution in [0.5, 0.6) is 0 Å². The highest BCUT2D eigenvalue weighted by molar-refractivity contribution is 5.90. The molecule has 0 aliphatic carbocycles. The molecule has 0 radical (unpaired) electrons. The maximum Gasteiger partial charge on any atom is 0.232 e. The molecule has 4 aromatic rings. The SMILES string of the molecule is CC(=O)Nc1cccc(Nc2ncnc(N3CCc4nc(-c5ccncc5)ccc4C3)n2)c1C. The summed E-state index contributed by atoms with van der Waals surface area (Å²) in [4.78, 5) is 35.9. The molecule has 0 saturated heterocycles. The van der Waals surface area contributed by atoms with Crippen LogP contribution in [-0.4, -0.2) is 37.4 Å². The Bertz CT molecular complexity index is 1340. The number of hydrogen-bond donors (Lipinski definition) is 2. The third-order valence-electron chi connectivity index (χ3n) is 5.76. The third kappa shape index (κ3) is 4.54. The van der Waals surface area contributed by atoms with E-state index in [1.165, 1.54) is 13.3 Å². The first-order valence-corrected chi connectivity index (χ1v) is 11.0. The Labute approximate surface area is 197 Å². The summed E-state index contributed by atoms with van der Waals surface area (Å²) >= 11 is 0. The fourth-order valence-electron chi connectivity index (χ4n) is 3.99. The second-order valence-electron chi connectivity index (χ2n) is 8.10. The smallest absolute Gasteiger partial charge is 0.232 e. The van der Waals surface area contributed by atoms with Crippen LogP contribution in [0.25, 0.3) is 11.3 Å². The summed E-state index contributed by atoms with van der Waals surface area (Å²) in [6, 6.07) is 13.8. The van der Waals surface area contributed by atoms with Gasteiger partial charge in [-0.05, 0) is 48.4 Å². The highest BCUT2D eigenvalue weighted by atomic mass is 16.1. The van der Waals surface area contributed by atoms with Crippen molar-refractivity contribution in [2.24, 2.45) is 0 Å². The number of carbonyl (C=O) groups is 1. The van der Waals surface area contributed by atoms with Crippen LogP contribution in [0.15, 0.2) is 61.2 Å².